The first kappa shape index (κ1) is 93.1. The number of aromatic amines is 2. The lowest BCUT2D eigenvalue weighted by Gasteiger charge is -2.37. The summed E-state index contributed by atoms with van der Waals surface area (Å²) in [6, 6.07) is 54.6. The second kappa shape index (κ2) is 40.9. The molecule has 10 aromatic rings. The number of carbonyl (C=O) groups is 2. The molecule has 1 aliphatic carbocycles. The van der Waals surface area contributed by atoms with E-state index in [0.29, 0.717) is 30.9 Å². The van der Waals surface area contributed by atoms with E-state index in [9.17, 15) is 26.4 Å². The molecule has 700 valence electrons. The van der Waals surface area contributed by atoms with Crippen LogP contribution in [0.5, 0.6) is 69.0 Å². The number of nitrogens with zero attached hydrogens (tertiary/aromatic N) is 18. The number of aliphatic imine (C=N–C) groups is 4. The molecule has 8 aliphatic heterocycles. The van der Waals surface area contributed by atoms with Gasteiger partial charge in [-0.3, -0.25) is 38.6 Å². The zero-order valence-electron chi connectivity index (χ0n) is 76.6. The van der Waals surface area contributed by atoms with E-state index in [1.165, 1.54) is 0 Å². The maximum Gasteiger partial charge on any atom is 0.239 e. The average Bonchev–Trinajstić information content (AvgIpc) is 1.61. The summed E-state index contributed by atoms with van der Waals surface area (Å²) in [6.45, 7) is 24.9. The van der Waals surface area contributed by atoms with E-state index in [2.05, 4.69) is 99.0 Å². The number of ether oxygens (including phenoxy) is 8. The fourth-order valence-corrected chi connectivity index (χ4v) is 18.1. The number of rotatable bonds is 21. The number of fused-ring (bicyclic) bond motifs is 8. The van der Waals surface area contributed by atoms with Crippen LogP contribution in [0.15, 0.2) is 190 Å². The molecule has 8 aromatic carbocycles. The third-order valence-electron chi connectivity index (χ3n) is 25.0. The van der Waals surface area contributed by atoms with Crippen molar-refractivity contribution in [1.29, 1.82) is 0 Å². The van der Waals surface area contributed by atoms with E-state index in [1.54, 1.807) is 42.3 Å². The Bertz CT molecular complexity index is 6160. The first-order valence-corrected chi connectivity index (χ1v) is 48.5. The van der Waals surface area contributed by atoms with E-state index in [-0.39, 0.29) is 17.3 Å². The van der Waals surface area contributed by atoms with Crippen LogP contribution >= 0.6 is 0 Å². The zero-order valence-corrected chi connectivity index (χ0v) is 78.3. The van der Waals surface area contributed by atoms with Crippen LogP contribution < -0.4 is 47.3 Å². The van der Waals surface area contributed by atoms with Gasteiger partial charge in [-0.15, -0.1) is 20.4 Å². The van der Waals surface area contributed by atoms with Crippen LogP contribution in [-0.4, -0.2) is 304 Å². The van der Waals surface area contributed by atoms with Crippen LogP contribution in [0.4, 0.5) is 22.7 Å². The summed E-state index contributed by atoms with van der Waals surface area (Å²) in [4.78, 5) is 62.9. The topological polar surface area (TPSA) is 385 Å². The van der Waals surface area contributed by atoms with Crippen LogP contribution in [-0.2, 0) is 40.5 Å². The van der Waals surface area contributed by atoms with Gasteiger partial charge in [0.1, 0.15) is 92.1 Å². The van der Waals surface area contributed by atoms with Gasteiger partial charge in [-0.1, -0.05) is 86.7 Å². The Morgan fingerprint density at radius 1 is 0.406 bits per heavy atom. The summed E-state index contributed by atoms with van der Waals surface area (Å²) >= 11 is 0. The SMILES string of the molecule is COc1ccc2c(c1)C(N1CCN(CC3(c4nn[nH]n4)CC3)CC1)=Nc1ccccc1O2.COc1ccc2c(c1)C(N1CCN(CCC(C)(C)C(=O)NS(C)(=O)=O)CC1)=Nc1ccccc1O2.COc1ccc2c(c1)C(N1CCN(CCC(C)(C)c3nn[nH]n3)CC1)=Nc1ccccc1O2.COc1ccc2c(c1)C(N1CCN(CCCC(=O)NS(C)(=O)=O)CC1)=Nc1ccccc1O2. The van der Waals surface area contributed by atoms with Gasteiger partial charge in [-0.2, -0.15) is 10.4 Å². The molecular formula is C95H114N22O14S2. The summed E-state index contributed by atoms with van der Waals surface area (Å²) in [5.41, 5.74) is 6.08. The molecule has 19 rings (SSSR count). The normalized spacial score (nSPS) is 17.0. The lowest BCUT2D eigenvalue weighted by Crippen LogP contribution is -2.50. The Morgan fingerprint density at radius 3 is 1.06 bits per heavy atom. The maximum absolute atomic E-state index is 12.4. The smallest absolute Gasteiger partial charge is 0.239 e. The van der Waals surface area contributed by atoms with Crippen LogP contribution in [0.25, 0.3) is 0 Å². The number of aromatic nitrogens is 8. The standard InChI is InChI=1S/C25H32N4O5S.C24H29N7O2.C23H25N7O2.C23H28N4O5S/c1-25(2,24(30)27-35(4,31)32)11-12-28-13-15-29(16-14-28)23-19-17-18(33-3)9-10-21(19)34-22-8-6-5-7-20(22)26-23;1-24(2,23-26-28-29-27-23)10-11-30-12-14-31(15-13-30)22-18-16-17(32-3)8-9-20(18)33-21-7-5-4-6-19(21)25-22;1-31-16-6-7-19-17(14-16)21(24-18-4-2-3-5-20(18)32-19)30-12-10-29(11-13-30)15-23(8-9-23)22-25-27-28-26-22;1-31-17-9-10-20-18(16-17)23(24-19-6-3-4-7-21(19)32-20)27-14-12-26(13-15-27)11-5-8-22(28)25-33(2,29)30/h5-10,17H,11-16H2,1-4H3,(H,27,30);4-9,16H,10-15H2,1-3H3,(H,26,27,28,29);2-7,14H,8-13,15H2,1H3,(H,25,26,27,28);3-4,6-7,9-10,16H,5,8,11-15H2,1-2H3,(H,25,28). The molecule has 4 saturated heterocycles. The monoisotopic (exact) mass is 1850 g/mol. The van der Waals surface area contributed by atoms with Crippen molar-refractivity contribution in [3.8, 4) is 69.0 Å². The first-order valence-electron chi connectivity index (χ1n) is 44.7. The number of hydrogen-bond donors (Lipinski definition) is 4. The molecule has 38 heteroatoms. The van der Waals surface area contributed by atoms with E-state index in [4.69, 9.17) is 57.9 Å². The van der Waals surface area contributed by atoms with Crippen molar-refractivity contribution in [3.05, 3.63) is 204 Å². The van der Waals surface area contributed by atoms with E-state index >= 15 is 0 Å². The summed E-state index contributed by atoms with van der Waals surface area (Å²) in [6.07, 6.45) is 6.53. The number of sulfonamides is 2. The summed E-state index contributed by atoms with van der Waals surface area (Å²) in [5.74, 6) is 13.3. The first-order chi connectivity index (χ1) is 64.1. The molecule has 0 radical (unpaired) electrons. The highest BCUT2D eigenvalue weighted by Crippen LogP contribution is 2.49. The molecule has 133 heavy (non-hydrogen) atoms. The van der Waals surface area contributed by atoms with Gasteiger partial charge in [-0.05, 0) is 173 Å². The highest BCUT2D eigenvalue weighted by atomic mass is 32.2. The van der Waals surface area contributed by atoms with E-state index < -0.39 is 37.3 Å². The second-order valence-corrected chi connectivity index (χ2v) is 38.8. The van der Waals surface area contributed by atoms with Crippen molar-refractivity contribution in [3.63, 3.8) is 0 Å². The van der Waals surface area contributed by atoms with Gasteiger partial charge in [0.05, 0.1) is 63.2 Å². The quantitative estimate of drug-likeness (QED) is 0.0519. The predicted octanol–water partition coefficient (Wildman–Crippen LogP) is 11.5. The van der Waals surface area contributed by atoms with Gasteiger partial charge >= 0.3 is 0 Å². The van der Waals surface area contributed by atoms with E-state index in [0.717, 1.165) is 294 Å². The Hall–Kier alpha value is -13.1. The fraction of sp³-hybridized carbons (Fsp3) is 0.411. The van der Waals surface area contributed by atoms with Crippen molar-refractivity contribution in [1.82, 2.24) is 89.9 Å². The molecule has 0 atom stereocenters. The van der Waals surface area contributed by atoms with Gasteiger partial charge in [0.2, 0.25) is 31.9 Å². The van der Waals surface area contributed by atoms with Gasteiger partial charge in [-0.25, -0.2) is 36.8 Å². The highest BCUT2D eigenvalue weighted by Gasteiger charge is 2.50. The minimum absolute atomic E-state index is 0.0712. The predicted molar refractivity (Wildman–Crippen MR) is 505 cm³/mol. The molecule has 2 amide bonds. The molecule has 4 N–H and O–H groups in total. The third kappa shape index (κ3) is 23.1. The van der Waals surface area contributed by atoms with Crippen molar-refractivity contribution < 1.29 is 64.3 Å². The molecule has 0 unspecified atom stereocenters. The third-order valence-corrected chi connectivity index (χ3v) is 26.1. The number of amides is 2. The van der Waals surface area contributed by atoms with Gasteiger partial charge in [0.25, 0.3) is 0 Å². The number of benzene rings is 8. The largest absolute Gasteiger partial charge is 0.497 e. The maximum atomic E-state index is 12.4. The number of amidine groups is 4. The van der Waals surface area contributed by atoms with Crippen LogP contribution in [0.2, 0.25) is 0 Å². The second-order valence-electron chi connectivity index (χ2n) is 35.3. The molecule has 0 spiro atoms. The number of methoxy groups -OCH3 is 4. The minimum Gasteiger partial charge on any atom is -0.497 e. The number of H-pyrrole nitrogens is 2. The molecule has 0 bridgehead atoms. The number of para-hydroxylation sites is 8. The Kier molecular flexibility index (Phi) is 28.6. The molecular weight excluding hydrogens is 1740 g/mol. The highest BCUT2D eigenvalue weighted by molar-refractivity contribution is 7.89. The van der Waals surface area contributed by atoms with Crippen molar-refractivity contribution in [2.75, 3.05) is 172 Å². The molecule has 36 nitrogen and oxygen atoms in total. The van der Waals surface area contributed by atoms with Crippen molar-refractivity contribution in [2.24, 2.45) is 25.4 Å². The molecule has 2 aromatic heterocycles. The summed E-state index contributed by atoms with van der Waals surface area (Å²) in [7, 11) is -0.439. The van der Waals surface area contributed by atoms with Crippen molar-refractivity contribution in [2.45, 2.75) is 77.0 Å². The van der Waals surface area contributed by atoms with Crippen LogP contribution in [0, 0.1) is 5.41 Å². The Balaban J connectivity index is 0.000000129. The van der Waals surface area contributed by atoms with Crippen LogP contribution in [0.3, 0.4) is 0 Å². The molecule has 5 fully saturated rings. The zero-order chi connectivity index (χ0) is 93.0. The molecule has 9 aliphatic rings. The number of nitrogens with one attached hydrogen (secondary N) is 4. The van der Waals surface area contributed by atoms with Gasteiger partial charge in [0, 0.05) is 134 Å². The Labute approximate surface area is 774 Å². The van der Waals surface area contributed by atoms with Gasteiger partial charge in [0.15, 0.2) is 34.6 Å². The molecule has 1 saturated carbocycles. The summed E-state index contributed by atoms with van der Waals surface area (Å²) in [5, 5.41) is 29.5. The van der Waals surface area contributed by atoms with Gasteiger partial charge < -0.3 is 57.5 Å². The minimum atomic E-state index is -3.58. The fourth-order valence-electron chi connectivity index (χ4n) is 16.9. The number of hydrogen-bond acceptors (Lipinski definition) is 32. The Morgan fingerprint density at radius 2 is 0.737 bits per heavy atom. The summed E-state index contributed by atoms with van der Waals surface area (Å²) < 4.78 is 96.0. The van der Waals surface area contributed by atoms with Crippen molar-refractivity contribution >= 4 is 78.0 Å². The number of carbonyl (C=O) groups excluding carboxylic acids is 2. The number of tetrazole rings is 2. The lowest BCUT2D eigenvalue weighted by atomic mass is 9.88. The lowest BCUT2D eigenvalue weighted by molar-refractivity contribution is -0.128. The van der Waals surface area contributed by atoms with E-state index in [1.807, 2.05) is 175 Å². The average molecular weight is 1850 g/mol. The van der Waals surface area contributed by atoms with Crippen LogP contribution in [0.1, 0.15) is 100 Å². The number of piperazine rings is 4. The molecule has 10 heterocycles.